The van der Waals surface area contributed by atoms with Crippen LogP contribution in [0.5, 0.6) is 0 Å². The summed E-state index contributed by atoms with van der Waals surface area (Å²) < 4.78 is 7.20. The van der Waals surface area contributed by atoms with Crippen LogP contribution in [0.15, 0.2) is 34.8 Å². The highest BCUT2D eigenvalue weighted by Crippen LogP contribution is 2.23. The summed E-state index contributed by atoms with van der Waals surface area (Å²) in [7, 11) is 0. The second kappa shape index (κ2) is 8.23. The molecule has 0 bridgehead atoms. The first-order valence-corrected chi connectivity index (χ1v) is 9.26. The smallest absolute Gasteiger partial charge is 0.267 e. The van der Waals surface area contributed by atoms with Crippen molar-refractivity contribution in [3.8, 4) is 6.07 Å². The molecule has 2 aromatic heterocycles. The van der Waals surface area contributed by atoms with Gasteiger partial charge in [-0.15, -0.1) is 0 Å². The van der Waals surface area contributed by atoms with Gasteiger partial charge < -0.3 is 15.0 Å². The number of ether oxygens (including phenoxy) is 1. The number of nitriles is 1. The highest BCUT2D eigenvalue weighted by Gasteiger charge is 2.27. The van der Waals surface area contributed by atoms with Crippen LogP contribution in [0, 0.1) is 11.3 Å². The largest absolute Gasteiger partial charge is 0.372 e. The van der Waals surface area contributed by atoms with E-state index >= 15 is 0 Å². The van der Waals surface area contributed by atoms with E-state index < -0.39 is 5.91 Å². The van der Waals surface area contributed by atoms with Gasteiger partial charge in [0.1, 0.15) is 23.1 Å². The Morgan fingerprint density at radius 1 is 1.39 bits per heavy atom. The fourth-order valence-electron chi connectivity index (χ4n) is 3.36. The van der Waals surface area contributed by atoms with Crippen LogP contribution in [0.25, 0.3) is 11.7 Å². The van der Waals surface area contributed by atoms with Gasteiger partial charge in [0.05, 0.1) is 17.8 Å². The van der Waals surface area contributed by atoms with E-state index in [4.69, 9.17) is 4.74 Å². The average Bonchev–Trinajstić information content (AvgIpc) is 2.66. The van der Waals surface area contributed by atoms with Gasteiger partial charge in [-0.2, -0.15) is 5.26 Å². The Balaban J connectivity index is 2.21. The third kappa shape index (κ3) is 3.89. The molecule has 0 saturated carbocycles. The SMILES string of the molecule is CCNC(=O)/C(C#N)=C/c1c(N2CC(C)OC(C)C2)nc2ccccn2c1=O. The number of anilines is 1. The van der Waals surface area contributed by atoms with E-state index in [1.807, 2.05) is 24.8 Å². The summed E-state index contributed by atoms with van der Waals surface area (Å²) in [4.78, 5) is 32.0. The van der Waals surface area contributed by atoms with E-state index in [2.05, 4.69) is 10.3 Å². The molecule has 0 aromatic carbocycles. The summed E-state index contributed by atoms with van der Waals surface area (Å²) in [6, 6.07) is 7.18. The second-order valence-electron chi connectivity index (χ2n) is 6.77. The number of nitrogens with zero attached hydrogens (tertiary/aromatic N) is 4. The summed E-state index contributed by atoms with van der Waals surface area (Å²) in [6.07, 6.45) is 2.89. The molecule has 28 heavy (non-hydrogen) atoms. The molecular weight excluding hydrogens is 358 g/mol. The van der Waals surface area contributed by atoms with Gasteiger partial charge in [0.25, 0.3) is 11.5 Å². The van der Waals surface area contributed by atoms with Crippen molar-refractivity contribution in [2.45, 2.75) is 33.0 Å². The number of rotatable bonds is 4. The number of hydrogen-bond acceptors (Lipinski definition) is 6. The van der Waals surface area contributed by atoms with E-state index in [1.165, 1.54) is 10.5 Å². The van der Waals surface area contributed by atoms with Crippen LogP contribution >= 0.6 is 0 Å². The minimum absolute atomic E-state index is 0.0320. The summed E-state index contributed by atoms with van der Waals surface area (Å²) in [5.41, 5.74) is 0.257. The van der Waals surface area contributed by atoms with Crippen LogP contribution < -0.4 is 15.8 Å². The van der Waals surface area contributed by atoms with Crippen LogP contribution in [0.1, 0.15) is 26.3 Å². The van der Waals surface area contributed by atoms with Gasteiger partial charge in [0.2, 0.25) is 0 Å². The van der Waals surface area contributed by atoms with E-state index in [0.29, 0.717) is 31.1 Å². The van der Waals surface area contributed by atoms with Gasteiger partial charge in [-0.05, 0) is 39.0 Å². The minimum Gasteiger partial charge on any atom is -0.372 e. The zero-order chi connectivity index (χ0) is 20.3. The second-order valence-corrected chi connectivity index (χ2v) is 6.77. The molecule has 8 heteroatoms. The lowest BCUT2D eigenvalue weighted by atomic mass is 10.1. The van der Waals surface area contributed by atoms with Gasteiger partial charge in [0.15, 0.2) is 0 Å². The molecule has 1 saturated heterocycles. The molecule has 1 aliphatic rings. The quantitative estimate of drug-likeness (QED) is 0.634. The summed E-state index contributed by atoms with van der Waals surface area (Å²) in [5, 5.41) is 12.0. The van der Waals surface area contributed by atoms with Crippen LogP contribution in [-0.2, 0) is 9.53 Å². The van der Waals surface area contributed by atoms with Gasteiger partial charge in [-0.25, -0.2) is 4.98 Å². The van der Waals surface area contributed by atoms with Crippen molar-refractivity contribution in [1.82, 2.24) is 14.7 Å². The van der Waals surface area contributed by atoms with E-state index in [-0.39, 0.29) is 28.9 Å². The van der Waals surface area contributed by atoms with Crippen molar-refractivity contribution in [3.63, 3.8) is 0 Å². The molecule has 1 aliphatic heterocycles. The number of morpholine rings is 1. The lowest BCUT2D eigenvalue weighted by Crippen LogP contribution is -2.46. The van der Waals surface area contributed by atoms with E-state index in [9.17, 15) is 14.9 Å². The Morgan fingerprint density at radius 3 is 2.75 bits per heavy atom. The predicted molar refractivity (Wildman–Crippen MR) is 106 cm³/mol. The highest BCUT2D eigenvalue weighted by molar-refractivity contribution is 6.02. The van der Waals surface area contributed by atoms with Crippen molar-refractivity contribution in [2.24, 2.45) is 0 Å². The number of carbonyl (C=O) groups is 1. The fraction of sp³-hybridized carbons (Fsp3) is 0.400. The van der Waals surface area contributed by atoms with E-state index in [1.54, 1.807) is 31.3 Å². The number of carbonyl (C=O) groups excluding carboxylic acids is 1. The first-order chi connectivity index (χ1) is 13.4. The molecular formula is C20H23N5O3. The maximum Gasteiger partial charge on any atom is 0.267 e. The topological polar surface area (TPSA) is 99.7 Å². The maximum absolute atomic E-state index is 13.2. The van der Waals surface area contributed by atoms with Crippen molar-refractivity contribution >= 4 is 23.4 Å². The highest BCUT2D eigenvalue weighted by atomic mass is 16.5. The zero-order valence-corrected chi connectivity index (χ0v) is 16.2. The molecule has 0 aliphatic carbocycles. The van der Waals surface area contributed by atoms with Gasteiger partial charge in [0, 0.05) is 25.8 Å². The molecule has 3 heterocycles. The van der Waals surface area contributed by atoms with Crippen LogP contribution in [0.2, 0.25) is 0 Å². The van der Waals surface area contributed by atoms with E-state index in [0.717, 1.165) is 0 Å². The first kappa shape index (κ1) is 19.6. The zero-order valence-electron chi connectivity index (χ0n) is 16.2. The molecule has 2 atom stereocenters. The number of aromatic nitrogens is 2. The van der Waals surface area contributed by atoms with Crippen LogP contribution in [0.3, 0.4) is 0 Å². The maximum atomic E-state index is 13.2. The van der Waals surface area contributed by atoms with Gasteiger partial charge >= 0.3 is 0 Å². The Bertz CT molecular complexity index is 1010. The molecule has 1 fully saturated rings. The van der Waals surface area contributed by atoms with Crippen molar-refractivity contribution < 1.29 is 9.53 Å². The Labute approximate surface area is 163 Å². The summed E-state index contributed by atoms with van der Waals surface area (Å²) in [6.45, 7) is 7.19. The summed E-state index contributed by atoms with van der Waals surface area (Å²) >= 11 is 0. The Morgan fingerprint density at radius 2 is 2.11 bits per heavy atom. The minimum atomic E-state index is -0.516. The number of likely N-dealkylation sites (N-methyl/N-ethyl adjacent to an activating group) is 1. The first-order valence-electron chi connectivity index (χ1n) is 9.26. The molecule has 0 radical (unpaired) electrons. The standard InChI is InChI=1S/C20H23N5O3/c1-4-22-19(26)15(10-21)9-16-18(24-11-13(2)28-14(3)12-24)23-17-7-5-6-8-25(17)20(16)27/h5-9,13-14H,4,11-12H2,1-3H3,(H,22,26)/b15-9+. The number of amides is 1. The van der Waals surface area contributed by atoms with Crippen LogP contribution in [-0.4, -0.2) is 47.1 Å². The molecule has 1 N–H and O–H groups in total. The van der Waals surface area contributed by atoms with Crippen molar-refractivity contribution in [2.75, 3.05) is 24.5 Å². The van der Waals surface area contributed by atoms with Gasteiger partial charge in [-0.3, -0.25) is 14.0 Å². The lowest BCUT2D eigenvalue weighted by Gasteiger charge is -2.36. The molecule has 0 spiro atoms. The van der Waals surface area contributed by atoms with Crippen LogP contribution in [0.4, 0.5) is 5.82 Å². The molecule has 2 aromatic rings. The predicted octanol–water partition coefficient (Wildman–Crippen LogP) is 1.35. The average molecular weight is 381 g/mol. The van der Waals surface area contributed by atoms with Crippen molar-refractivity contribution in [3.05, 3.63) is 45.9 Å². The summed E-state index contributed by atoms with van der Waals surface area (Å²) in [5.74, 6) is -0.0625. The Hall–Kier alpha value is -3.18. The number of hydrogen-bond donors (Lipinski definition) is 1. The number of nitrogens with one attached hydrogen (secondary N) is 1. The Kier molecular flexibility index (Phi) is 5.76. The van der Waals surface area contributed by atoms with Crippen molar-refractivity contribution in [1.29, 1.82) is 5.26 Å². The van der Waals surface area contributed by atoms with Gasteiger partial charge in [-0.1, -0.05) is 6.07 Å². The molecule has 2 unspecified atom stereocenters. The lowest BCUT2D eigenvalue weighted by molar-refractivity contribution is -0.116. The monoisotopic (exact) mass is 381 g/mol. The third-order valence-corrected chi connectivity index (χ3v) is 4.46. The normalized spacial score (nSPS) is 20.1. The molecule has 3 rings (SSSR count). The number of pyridine rings is 1. The molecule has 8 nitrogen and oxygen atoms in total. The number of fused-ring (bicyclic) bond motifs is 1. The fourth-order valence-corrected chi connectivity index (χ4v) is 3.36. The molecule has 146 valence electrons. The molecule has 1 amide bonds. The third-order valence-electron chi connectivity index (χ3n) is 4.46.